The van der Waals surface area contributed by atoms with Crippen LogP contribution in [0, 0.1) is 20.8 Å². The van der Waals surface area contributed by atoms with E-state index in [-0.39, 0.29) is 5.78 Å². The molecule has 0 unspecified atom stereocenters. The van der Waals surface area contributed by atoms with Gasteiger partial charge in [-0.15, -0.1) is 0 Å². The van der Waals surface area contributed by atoms with Crippen LogP contribution in [0.15, 0.2) is 24.3 Å². The van der Waals surface area contributed by atoms with Gasteiger partial charge >= 0.3 is 5.97 Å². The SMILES string of the molecule is COC(=O)c1c(C)[nH]c(C(=O)[C@@H](C)Nc2cccc(C)c2)c1C. The summed E-state index contributed by atoms with van der Waals surface area (Å²) in [6, 6.07) is 7.42. The van der Waals surface area contributed by atoms with Gasteiger partial charge in [-0.05, 0) is 51.0 Å². The fraction of sp³-hybridized carbons (Fsp3) is 0.333. The molecular formula is C18H22N2O3. The lowest BCUT2D eigenvalue weighted by Gasteiger charge is -2.14. The van der Waals surface area contributed by atoms with Gasteiger partial charge in [0.15, 0.2) is 0 Å². The average Bonchev–Trinajstić information content (AvgIpc) is 2.80. The summed E-state index contributed by atoms with van der Waals surface area (Å²) < 4.78 is 4.77. The van der Waals surface area contributed by atoms with Gasteiger partial charge in [-0.1, -0.05) is 12.1 Å². The number of aromatic nitrogens is 1. The van der Waals surface area contributed by atoms with Crippen molar-refractivity contribution in [2.75, 3.05) is 12.4 Å². The molecule has 2 aromatic rings. The Bertz CT molecular complexity index is 747. The second-order valence-electron chi connectivity index (χ2n) is 5.72. The van der Waals surface area contributed by atoms with E-state index in [1.807, 2.05) is 31.2 Å². The molecule has 2 rings (SSSR count). The van der Waals surface area contributed by atoms with E-state index >= 15 is 0 Å². The van der Waals surface area contributed by atoms with E-state index in [9.17, 15) is 9.59 Å². The van der Waals surface area contributed by atoms with E-state index in [0.717, 1.165) is 11.3 Å². The van der Waals surface area contributed by atoms with Crippen molar-refractivity contribution in [2.24, 2.45) is 0 Å². The van der Waals surface area contributed by atoms with E-state index in [2.05, 4.69) is 10.3 Å². The highest BCUT2D eigenvalue weighted by molar-refractivity contribution is 6.04. The second-order valence-corrected chi connectivity index (χ2v) is 5.72. The van der Waals surface area contributed by atoms with E-state index in [1.54, 1.807) is 20.8 Å². The number of esters is 1. The molecule has 5 heteroatoms. The molecule has 1 aromatic heterocycles. The van der Waals surface area contributed by atoms with Crippen LogP contribution < -0.4 is 5.32 Å². The van der Waals surface area contributed by atoms with Crippen LogP contribution in [0.3, 0.4) is 0 Å². The summed E-state index contributed by atoms with van der Waals surface area (Å²) in [6.07, 6.45) is 0. The zero-order valence-electron chi connectivity index (χ0n) is 14.1. The topological polar surface area (TPSA) is 71.2 Å². The van der Waals surface area contributed by atoms with Crippen LogP contribution in [-0.2, 0) is 4.74 Å². The van der Waals surface area contributed by atoms with E-state index in [1.165, 1.54) is 7.11 Å². The Hall–Kier alpha value is -2.56. The first-order valence-electron chi connectivity index (χ1n) is 7.50. The maximum Gasteiger partial charge on any atom is 0.339 e. The standard InChI is InChI=1S/C18H22N2O3/c1-10-7-6-8-14(9-10)19-13(4)17(21)16-11(2)15(12(3)20-16)18(22)23-5/h6-9,13,19-20H,1-5H3/t13-/m1/s1. The van der Waals surface area contributed by atoms with E-state index < -0.39 is 12.0 Å². The largest absolute Gasteiger partial charge is 0.465 e. The van der Waals surface area contributed by atoms with Gasteiger partial charge in [-0.2, -0.15) is 0 Å². The minimum absolute atomic E-state index is 0.0951. The summed E-state index contributed by atoms with van der Waals surface area (Å²) in [6.45, 7) is 7.31. The molecule has 0 fully saturated rings. The third kappa shape index (κ3) is 3.44. The Balaban J connectivity index is 2.25. The molecule has 2 N–H and O–H groups in total. The van der Waals surface area contributed by atoms with Crippen molar-refractivity contribution in [2.45, 2.75) is 33.7 Å². The lowest BCUT2D eigenvalue weighted by molar-refractivity contribution is 0.0599. The van der Waals surface area contributed by atoms with Gasteiger partial charge < -0.3 is 15.0 Å². The van der Waals surface area contributed by atoms with E-state index in [4.69, 9.17) is 4.74 Å². The molecule has 23 heavy (non-hydrogen) atoms. The van der Waals surface area contributed by atoms with Crippen molar-refractivity contribution in [3.05, 3.63) is 52.3 Å². The number of hydrogen-bond acceptors (Lipinski definition) is 4. The first kappa shape index (κ1) is 16.8. The van der Waals surface area contributed by atoms with Crippen LogP contribution in [0.2, 0.25) is 0 Å². The number of nitrogens with one attached hydrogen (secondary N) is 2. The summed E-state index contributed by atoms with van der Waals surface area (Å²) in [7, 11) is 1.33. The number of ether oxygens (including phenoxy) is 1. The smallest absolute Gasteiger partial charge is 0.339 e. The number of ketones is 1. The van der Waals surface area contributed by atoms with Gasteiger partial charge in [-0.25, -0.2) is 4.79 Å². The molecule has 0 spiro atoms. The number of rotatable bonds is 5. The minimum atomic E-state index is -0.436. The van der Waals surface area contributed by atoms with Crippen LogP contribution >= 0.6 is 0 Å². The number of methoxy groups -OCH3 is 1. The van der Waals surface area contributed by atoms with Crippen LogP contribution in [0.25, 0.3) is 0 Å². The van der Waals surface area contributed by atoms with Crippen molar-refractivity contribution >= 4 is 17.4 Å². The molecule has 0 amide bonds. The number of Topliss-reactive ketones (excluding diaryl/α,β-unsaturated/α-hetero) is 1. The van der Waals surface area contributed by atoms with Gasteiger partial charge in [-0.3, -0.25) is 4.79 Å². The summed E-state index contributed by atoms with van der Waals surface area (Å²) in [5.41, 5.74) is 4.14. The number of carbonyl (C=O) groups excluding carboxylic acids is 2. The highest BCUT2D eigenvalue weighted by atomic mass is 16.5. The van der Waals surface area contributed by atoms with Crippen molar-refractivity contribution in [3.8, 4) is 0 Å². The molecule has 5 nitrogen and oxygen atoms in total. The fourth-order valence-corrected chi connectivity index (χ4v) is 2.67. The third-order valence-electron chi connectivity index (χ3n) is 3.87. The molecule has 122 valence electrons. The van der Waals surface area contributed by atoms with Gasteiger partial charge in [0.2, 0.25) is 5.78 Å². The Morgan fingerprint density at radius 2 is 1.91 bits per heavy atom. The first-order valence-corrected chi connectivity index (χ1v) is 7.50. The zero-order valence-corrected chi connectivity index (χ0v) is 14.1. The first-order chi connectivity index (χ1) is 10.8. The quantitative estimate of drug-likeness (QED) is 0.655. The fourth-order valence-electron chi connectivity index (χ4n) is 2.67. The molecule has 1 atom stereocenters. The number of aryl methyl sites for hydroxylation is 2. The molecule has 0 bridgehead atoms. The van der Waals surface area contributed by atoms with Crippen molar-refractivity contribution in [1.29, 1.82) is 0 Å². The molecule has 0 saturated heterocycles. The van der Waals surface area contributed by atoms with Crippen LogP contribution in [-0.4, -0.2) is 29.9 Å². The highest BCUT2D eigenvalue weighted by Gasteiger charge is 2.25. The Morgan fingerprint density at radius 3 is 2.52 bits per heavy atom. The van der Waals surface area contributed by atoms with Crippen molar-refractivity contribution in [3.63, 3.8) is 0 Å². The van der Waals surface area contributed by atoms with Gasteiger partial charge in [0.1, 0.15) is 0 Å². The molecule has 1 aromatic carbocycles. The number of carbonyl (C=O) groups is 2. The predicted octanol–water partition coefficient (Wildman–Crippen LogP) is 3.41. The lowest BCUT2D eigenvalue weighted by Crippen LogP contribution is -2.27. The number of aromatic amines is 1. The van der Waals surface area contributed by atoms with Crippen LogP contribution in [0.5, 0.6) is 0 Å². The monoisotopic (exact) mass is 314 g/mol. The maximum atomic E-state index is 12.7. The summed E-state index contributed by atoms with van der Waals surface area (Å²) >= 11 is 0. The second kappa shape index (κ2) is 6.69. The zero-order chi connectivity index (χ0) is 17.1. The normalized spacial score (nSPS) is 11.9. The molecule has 0 aliphatic rings. The molecule has 1 heterocycles. The van der Waals surface area contributed by atoms with Crippen molar-refractivity contribution in [1.82, 2.24) is 4.98 Å². The maximum absolute atomic E-state index is 12.7. The highest BCUT2D eigenvalue weighted by Crippen LogP contribution is 2.21. The number of anilines is 1. The molecule has 0 saturated carbocycles. The van der Waals surface area contributed by atoms with Gasteiger partial charge in [0.05, 0.1) is 24.4 Å². The third-order valence-corrected chi connectivity index (χ3v) is 3.87. The summed E-state index contributed by atoms with van der Waals surface area (Å²) in [5.74, 6) is -0.531. The summed E-state index contributed by atoms with van der Waals surface area (Å²) in [5, 5.41) is 3.19. The minimum Gasteiger partial charge on any atom is -0.465 e. The van der Waals surface area contributed by atoms with Crippen LogP contribution in [0.4, 0.5) is 5.69 Å². The van der Waals surface area contributed by atoms with Crippen LogP contribution in [0.1, 0.15) is 44.6 Å². The predicted molar refractivity (Wildman–Crippen MR) is 90.2 cm³/mol. The Morgan fingerprint density at radius 1 is 1.22 bits per heavy atom. The number of hydrogen-bond donors (Lipinski definition) is 2. The van der Waals surface area contributed by atoms with Gasteiger partial charge in [0.25, 0.3) is 0 Å². The Kier molecular flexibility index (Phi) is 4.89. The number of benzene rings is 1. The Labute approximate surface area is 136 Å². The molecule has 0 radical (unpaired) electrons. The summed E-state index contributed by atoms with van der Waals surface area (Å²) in [4.78, 5) is 27.5. The van der Waals surface area contributed by atoms with Gasteiger partial charge in [0, 0.05) is 11.4 Å². The van der Waals surface area contributed by atoms with Crippen molar-refractivity contribution < 1.29 is 14.3 Å². The lowest BCUT2D eigenvalue weighted by atomic mass is 10.0. The van der Waals surface area contributed by atoms with E-state index in [0.29, 0.717) is 22.5 Å². The average molecular weight is 314 g/mol. The molecule has 0 aliphatic heterocycles. The molecule has 0 aliphatic carbocycles. The number of H-pyrrole nitrogens is 1. The molecular weight excluding hydrogens is 292 g/mol.